The zero-order valence-corrected chi connectivity index (χ0v) is 20.5. The second-order valence-electron chi connectivity index (χ2n) is 6.65. The highest BCUT2D eigenvalue weighted by molar-refractivity contribution is 6.45. The van der Waals surface area contributed by atoms with Gasteiger partial charge in [-0.25, -0.2) is 0 Å². The van der Waals surface area contributed by atoms with E-state index in [1.165, 1.54) is 43.3 Å². The molecule has 0 amide bonds. The van der Waals surface area contributed by atoms with E-state index in [1.54, 1.807) is 0 Å². The highest BCUT2D eigenvalue weighted by atomic mass is 35.5. The van der Waals surface area contributed by atoms with E-state index in [9.17, 15) is 19.5 Å². The summed E-state index contributed by atoms with van der Waals surface area (Å²) in [6.45, 7) is 4.70. The Kier molecular flexibility index (Phi) is 7.46. The van der Waals surface area contributed by atoms with Gasteiger partial charge >= 0.3 is 0 Å². The molecule has 2 heterocycles. The van der Waals surface area contributed by atoms with E-state index in [1.807, 2.05) is 0 Å². The van der Waals surface area contributed by atoms with Gasteiger partial charge in [0.05, 0.1) is 32.6 Å². The molecule has 170 valence electrons. The van der Waals surface area contributed by atoms with Crippen LogP contribution in [-0.4, -0.2) is 32.0 Å². The van der Waals surface area contributed by atoms with Crippen molar-refractivity contribution in [3.05, 3.63) is 90.9 Å². The molecule has 0 atom stereocenters. The fourth-order valence-electron chi connectivity index (χ4n) is 3.10. The van der Waals surface area contributed by atoms with Gasteiger partial charge in [-0.05, 0) is 31.2 Å². The molecule has 1 aromatic carbocycles. The summed E-state index contributed by atoms with van der Waals surface area (Å²) < 4.78 is 1.11. The minimum absolute atomic E-state index is 0.0400. The van der Waals surface area contributed by atoms with Crippen molar-refractivity contribution in [1.82, 2.24) is 9.55 Å². The van der Waals surface area contributed by atoms with Gasteiger partial charge in [-0.1, -0.05) is 76.7 Å². The summed E-state index contributed by atoms with van der Waals surface area (Å²) >= 11 is 31.0. The molecular weight excluding hydrogens is 534 g/mol. The number of Topliss-reactive ketones (excluding diaryl/α,β-unsaturated/α-hetero) is 2. The van der Waals surface area contributed by atoms with E-state index in [-0.39, 0.29) is 53.6 Å². The number of para-hydroxylation sites is 1. The lowest BCUT2D eigenvalue weighted by molar-refractivity contribution is -0.113. The largest absolute Gasteiger partial charge is 0.506 e. The zero-order chi connectivity index (χ0) is 24.6. The van der Waals surface area contributed by atoms with Crippen LogP contribution in [0.15, 0.2) is 48.6 Å². The Morgan fingerprint density at radius 2 is 1.76 bits per heavy atom. The minimum Gasteiger partial charge on any atom is -0.506 e. The van der Waals surface area contributed by atoms with E-state index in [2.05, 4.69) is 11.6 Å². The fraction of sp³-hybridized carbons (Fsp3) is 0.0455. The molecule has 0 bridgehead atoms. The average Bonchev–Trinajstić information content (AvgIpc) is 3.22. The van der Waals surface area contributed by atoms with Gasteiger partial charge in [-0.2, -0.15) is 0 Å². The first-order chi connectivity index (χ1) is 15.5. The number of hydrogen-bond donors (Lipinski definition) is 2. The predicted molar refractivity (Wildman–Crippen MR) is 130 cm³/mol. The molecule has 0 fully saturated rings. The number of aromatic amines is 1. The van der Waals surface area contributed by atoms with Crippen molar-refractivity contribution in [2.45, 2.75) is 6.92 Å². The third kappa shape index (κ3) is 4.50. The number of H-pyrrole nitrogens is 1. The summed E-state index contributed by atoms with van der Waals surface area (Å²) in [4.78, 5) is 41.1. The van der Waals surface area contributed by atoms with Gasteiger partial charge in [0.15, 0.2) is 5.78 Å². The van der Waals surface area contributed by atoms with Crippen LogP contribution in [0.25, 0.3) is 5.69 Å². The van der Waals surface area contributed by atoms with Gasteiger partial charge in [0.1, 0.15) is 26.8 Å². The van der Waals surface area contributed by atoms with E-state index in [0.29, 0.717) is 0 Å². The zero-order valence-electron chi connectivity index (χ0n) is 16.7. The molecule has 0 aliphatic carbocycles. The number of hydrogen-bond acceptors (Lipinski definition) is 4. The molecule has 0 saturated heterocycles. The third-order valence-corrected chi connectivity index (χ3v) is 6.40. The van der Waals surface area contributed by atoms with Crippen molar-refractivity contribution in [1.29, 1.82) is 0 Å². The van der Waals surface area contributed by atoms with Crippen LogP contribution < -0.4 is 0 Å². The number of aromatic nitrogens is 2. The molecule has 3 aromatic rings. The number of carbonyl (C=O) groups excluding carboxylic acids is 3. The summed E-state index contributed by atoms with van der Waals surface area (Å²) in [5, 5.41) is 9.73. The highest BCUT2D eigenvalue weighted by Crippen LogP contribution is 2.40. The summed E-state index contributed by atoms with van der Waals surface area (Å²) in [6, 6.07) is 5.46. The molecule has 0 spiro atoms. The number of rotatable bonds is 7. The first-order valence-corrected chi connectivity index (χ1v) is 10.9. The number of phenols is 1. The van der Waals surface area contributed by atoms with Crippen molar-refractivity contribution in [3.8, 4) is 11.4 Å². The number of aromatic hydroxyl groups is 1. The highest BCUT2D eigenvalue weighted by Gasteiger charge is 2.31. The number of nitrogens with one attached hydrogen (secondary N) is 1. The SMILES string of the molecule is C=C/C=C(\C(C)=O)C(=O)c1[nH]c(Cl)c(Cl)c1-n1c(C(=O)c2cccc(Cl)c2O)cc(Cl)c1Cl. The lowest BCUT2D eigenvalue weighted by Crippen LogP contribution is -2.16. The molecule has 0 aliphatic heterocycles. The van der Waals surface area contributed by atoms with Gasteiger partial charge in [-0.3, -0.25) is 19.0 Å². The molecular formula is C22H13Cl5N2O4. The maximum Gasteiger partial charge on any atom is 0.214 e. The summed E-state index contributed by atoms with van der Waals surface area (Å²) in [5.74, 6) is -2.48. The first kappa shape index (κ1) is 25.1. The fourth-order valence-corrected chi connectivity index (χ4v) is 4.10. The molecule has 11 heteroatoms. The maximum absolute atomic E-state index is 13.3. The number of halogens is 5. The number of allylic oxidation sites excluding steroid dienone is 3. The average molecular weight is 547 g/mol. The van der Waals surface area contributed by atoms with E-state index < -0.39 is 23.1 Å². The normalized spacial score (nSPS) is 11.5. The van der Waals surface area contributed by atoms with Crippen LogP contribution in [0.4, 0.5) is 0 Å². The Morgan fingerprint density at radius 3 is 2.36 bits per heavy atom. The van der Waals surface area contributed by atoms with Gasteiger partial charge < -0.3 is 10.1 Å². The van der Waals surface area contributed by atoms with Crippen molar-refractivity contribution in [3.63, 3.8) is 0 Å². The molecule has 2 N–H and O–H groups in total. The summed E-state index contributed by atoms with van der Waals surface area (Å²) in [7, 11) is 0. The molecule has 3 rings (SSSR count). The van der Waals surface area contributed by atoms with E-state index >= 15 is 0 Å². The minimum atomic E-state index is -0.768. The van der Waals surface area contributed by atoms with Crippen LogP contribution in [0.3, 0.4) is 0 Å². The van der Waals surface area contributed by atoms with Gasteiger partial charge in [0, 0.05) is 0 Å². The molecule has 0 radical (unpaired) electrons. The molecule has 0 aliphatic rings. The monoisotopic (exact) mass is 544 g/mol. The number of nitrogens with zero attached hydrogens (tertiary/aromatic N) is 1. The van der Waals surface area contributed by atoms with Crippen LogP contribution in [0.1, 0.15) is 33.5 Å². The number of phenolic OH excluding ortho intramolecular Hbond substituents is 1. The topological polar surface area (TPSA) is 92.2 Å². The van der Waals surface area contributed by atoms with Crippen molar-refractivity contribution in [2.75, 3.05) is 0 Å². The lowest BCUT2D eigenvalue weighted by atomic mass is 10.0. The second-order valence-corrected chi connectivity index (χ2v) is 8.58. The molecule has 6 nitrogen and oxygen atoms in total. The number of ketones is 3. The second kappa shape index (κ2) is 9.79. The molecule has 0 saturated carbocycles. The summed E-state index contributed by atoms with van der Waals surface area (Å²) in [5.41, 5.74) is -0.825. The standard InChI is InChI=1S/C22H13Cl5N2O4/c1-3-5-10(9(2)30)20(33)16-17(15(25)21(26)28-16)29-14(8-13(24)22(29)27)19(32)11-6-4-7-12(23)18(11)31/h3-8,28,31H,1H2,2H3/b10-5+. The quantitative estimate of drug-likeness (QED) is 0.111. The van der Waals surface area contributed by atoms with Crippen LogP contribution in [0.2, 0.25) is 25.4 Å². The molecule has 2 aromatic heterocycles. The van der Waals surface area contributed by atoms with Crippen molar-refractivity contribution < 1.29 is 19.5 Å². The van der Waals surface area contributed by atoms with Crippen LogP contribution >= 0.6 is 58.0 Å². The lowest BCUT2D eigenvalue weighted by Gasteiger charge is -2.13. The number of carbonyl (C=O) groups is 3. The smallest absolute Gasteiger partial charge is 0.214 e. The van der Waals surface area contributed by atoms with E-state index in [0.717, 1.165) is 4.57 Å². The Balaban J connectivity index is 2.32. The third-order valence-electron chi connectivity index (χ3n) is 4.59. The Morgan fingerprint density at radius 1 is 1.09 bits per heavy atom. The van der Waals surface area contributed by atoms with E-state index in [4.69, 9.17) is 58.0 Å². The van der Waals surface area contributed by atoms with Crippen LogP contribution in [0, 0.1) is 0 Å². The van der Waals surface area contributed by atoms with Crippen LogP contribution in [-0.2, 0) is 4.79 Å². The predicted octanol–water partition coefficient (Wildman–Crippen LogP) is 6.89. The Bertz CT molecular complexity index is 1370. The first-order valence-electron chi connectivity index (χ1n) is 9.05. The molecule has 33 heavy (non-hydrogen) atoms. The Labute approximate surface area is 213 Å². The maximum atomic E-state index is 13.3. The van der Waals surface area contributed by atoms with Gasteiger partial charge in [-0.15, -0.1) is 0 Å². The van der Waals surface area contributed by atoms with Crippen molar-refractivity contribution >= 4 is 75.4 Å². The van der Waals surface area contributed by atoms with Crippen LogP contribution in [0.5, 0.6) is 5.75 Å². The van der Waals surface area contributed by atoms with Gasteiger partial charge in [0.25, 0.3) is 0 Å². The van der Waals surface area contributed by atoms with Crippen molar-refractivity contribution in [2.24, 2.45) is 0 Å². The molecule has 0 unspecified atom stereocenters. The van der Waals surface area contributed by atoms with Gasteiger partial charge in [0.2, 0.25) is 11.6 Å². The Hall–Kier alpha value is -2.48. The summed E-state index contributed by atoms with van der Waals surface area (Å²) in [6.07, 6.45) is 2.51. The number of benzene rings is 1.